The van der Waals surface area contributed by atoms with Crippen LogP contribution in [0.4, 0.5) is 0 Å². The first-order chi connectivity index (χ1) is 12.0. The second-order valence-corrected chi connectivity index (χ2v) is 6.12. The zero-order chi connectivity index (χ0) is 18.6. The number of aryl methyl sites for hydroxylation is 1. The van der Waals surface area contributed by atoms with Crippen LogP contribution >= 0.6 is 15.9 Å². The molecule has 2 aromatic rings. The number of H-pyrrole nitrogens is 1. The van der Waals surface area contributed by atoms with Gasteiger partial charge >= 0.3 is 5.97 Å². The molecule has 0 fully saturated rings. The summed E-state index contributed by atoms with van der Waals surface area (Å²) in [6.07, 6.45) is 0.763. The number of nitrogens with one attached hydrogen (secondary N) is 1. The van der Waals surface area contributed by atoms with Gasteiger partial charge in [-0.2, -0.15) is 0 Å². The Kier molecular flexibility index (Phi) is 6.36. The Morgan fingerprint density at radius 1 is 1.12 bits per heavy atom. The molecule has 6 nitrogen and oxygen atoms in total. The normalized spacial score (nSPS) is 10.5. The number of aromatic amines is 1. The molecule has 0 saturated carbocycles. The SMILES string of the molecule is CCCOC(=O)c1[nH]c(C)c(-c2ccc(OC)c(OC)c2OC)c1Br. The van der Waals surface area contributed by atoms with E-state index in [0.29, 0.717) is 34.0 Å². The van der Waals surface area contributed by atoms with Gasteiger partial charge in [-0.15, -0.1) is 0 Å². The molecule has 0 aliphatic rings. The zero-order valence-corrected chi connectivity index (χ0v) is 16.6. The van der Waals surface area contributed by atoms with Gasteiger partial charge < -0.3 is 23.9 Å². The molecule has 136 valence electrons. The van der Waals surface area contributed by atoms with Crippen molar-refractivity contribution in [2.24, 2.45) is 0 Å². The monoisotopic (exact) mass is 411 g/mol. The summed E-state index contributed by atoms with van der Waals surface area (Å²) in [6, 6.07) is 3.66. The van der Waals surface area contributed by atoms with Crippen LogP contribution in [0.2, 0.25) is 0 Å². The van der Waals surface area contributed by atoms with Gasteiger partial charge in [-0.3, -0.25) is 0 Å². The first-order valence-electron chi connectivity index (χ1n) is 7.84. The number of esters is 1. The third-order valence-corrected chi connectivity index (χ3v) is 4.53. The van der Waals surface area contributed by atoms with Gasteiger partial charge in [0.1, 0.15) is 5.69 Å². The Bertz CT molecular complexity index is 769. The summed E-state index contributed by atoms with van der Waals surface area (Å²) in [5, 5.41) is 0. The fourth-order valence-corrected chi connectivity index (χ4v) is 3.39. The highest BCUT2D eigenvalue weighted by Gasteiger charge is 2.25. The molecule has 0 radical (unpaired) electrons. The minimum Gasteiger partial charge on any atom is -0.493 e. The molecular weight excluding hydrogens is 390 g/mol. The van der Waals surface area contributed by atoms with Crippen LogP contribution in [0, 0.1) is 6.92 Å². The largest absolute Gasteiger partial charge is 0.493 e. The second-order valence-electron chi connectivity index (χ2n) is 5.33. The smallest absolute Gasteiger partial charge is 0.355 e. The van der Waals surface area contributed by atoms with Gasteiger partial charge in [0.05, 0.1) is 32.4 Å². The number of benzene rings is 1. The highest BCUT2D eigenvalue weighted by atomic mass is 79.9. The van der Waals surface area contributed by atoms with Crippen molar-refractivity contribution in [1.29, 1.82) is 0 Å². The second kappa shape index (κ2) is 8.29. The van der Waals surface area contributed by atoms with Gasteiger partial charge in [-0.25, -0.2) is 4.79 Å². The molecule has 0 atom stereocenters. The first kappa shape index (κ1) is 19.2. The van der Waals surface area contributed by atoms with Crippen molar-refractivity contribution >= 4 is 21.9 Å². The van der Waals surface area contributed by atoms with Crippen LogP contribution in [-0.2, 0) is 4.74 Å². The standard InChI is InChI=1S/C18H22BrNO5/c1-6-9-25-18(21)15-14(19)13(10(2)20-15)11-7-8-12(22-3)17(24-5)16(11)23-4/h7-8,20H,6,9H2,1-5H3. The van der Waals surface area contributed by atoms with Crippen molar-refractivity contribution in [1.82, 2.24) is 4.98 Å². The molecule has 0 aliphatic heterocycles. The van der Waals surface area contributed by atoms with E-state index in [0.717, 1.165) is 23.2 Å². The van der Waals surface area contributed by atoms with Gasteiger partial charge in [0.15, 0.2) is 11.5 Å². The number of methoxy groups -OCH3 is 3. The molecule has 1 heterocycles. The minimum atomic E-state index is -0.400. The van der Waals surface area contributed by atoms with Crippen molar-refractivity contribution < 1.29 is 23.7 Å². The Balaban J connectivity index is 2.60. The lowest BCUT2D eigenvalue weighted by atomic mass is 10.0. The quantitative estimate of drug-likeness (QED) is 0.685. The van der Waals surface area contributed by atoms with Crippen LogP contribution in [-0.4, -0.2) is 38.9 Å². The molecule has 25 heavy (non-hydrogen) atoms. The Hall–Kier alpha value is -2.15. The third kappa shape index (κ3) is 3.61. The summed E-state index contributed by atoms with van der Waals surface area (Å²) < 4.78 is 22.2. The number of rotatable bonds is 7. The molecule has 2 rings (SSSR count). The maximum atomic E-state index is 12.2. The van der Waals surface area contributed by atoms with Crippen LogP contribution in [0.15, 0.2) is 16.6 Å². The van der Waals surface area contributed by atoms with Crippen molar-refractivity contribution in [2.45, 2.75) is 20.3 Å². The van der Waals surface area contributed by atoms with E-state index in [9.17, 15) is 4.79 Å². The molecule has 1 aromatic carbocycles. The van der Waals surface area contributed by atoms with E-state index in [4.69, 9.17) is 18.9 Å². The van der Waals surface area contributed by atoms with E-state index in [-0.39, 0.29) is 0 Å². The first-order valence-corrected chi connectivity index (χ1v) is 8.63. The Labute approximate surface area is 155 Å². The van der Waals surface area contributed by atoms with Crippen LogP contribution < -0.4 is 14.2 Å². The highest BCUT2D eigenvalue weighted by Crippen LogP contribution is 2.47. The molecule has 0 aliphatic carbocycles. The predicted octanol–water partition coefficient (Wildman–Crippen LogP) is 4.35. The summed E-state index contributed by atoms with van der Waals surface area (Å²) >= 11 is 3.52. The number of ether oxygens (including phenoxy) is 4. The number of halogens is 1. The molecule has 1 aromatic heterocycles. The molecule has 0 bridgehead atoms. The van der Waals surface area contributed by atoms with Crippen molar-refractivity contribution in [3.63, 3.8) is 0 Å². The summed E-state index contributed by atoms with van der Waals surface area (Å²) in [5.41, 5.74) is 2.76. The molecule has 0 saturated heterocycles. The zero-order valence-electron chi connectivity index (χ0n) is 15.0. The van der Waals surface area contributed by atoms with Crippen LogP contribution in [0.3, 0.4) is 0 Å². The van der Waals surface area contributed by atoms with Gasteiger partial charge in [-0.05, 0) is 41.4 Å². The molecular formula is C18H22BrNO5. The molecule has 0 unspecified atom stereocenters. The van der Waals surface area contributed by atoms with Crippen LogP contribution in [0.25, 0.3) is 11.1 Å². The lowest BCUT2D eigenvalue weighted by Gasteiger charge is -2.16. The number of hydrogen-bond acceptors (Lipinski definition) is 5. The number of hydrogen-bond donors (Lipinski definition) is 1. The van der Waals surface area contributed by atoms with Gasteiger partial charge in [0, 0.05) is 16.8 Å². The van der Waals surface area contributed by atoms with E-state index < -0.39 is 5.97 Å². The van der Waals surface area contributed by atoms with Gasteiger partial charge in [-0.1, -0.05) is 6.92 Å². The van der Waals surface area contributed by atoms with E-state index >= 15 is 0 Å². The Morgan fingerprint density at radius 2 is 1.80 bits per heavy atom. The summed E-state index contributed by atoms with van der Waals surface area (Å²) in [5.74, 6) is 1.18. The molecule has 0 spiro atoms. The van der Waals surface area contributed by atoms with E-state index in [1.807, 2.05) is 19.9 Å². The average molecular weight is 412 g/mol. The van der Waals surface area contributed by atoms with E-state index in [2.05, 4.69) is 20.9 Å². The van der Waals surface area contributed by atoms with E-state index in [1.54, 1.807) is 27.4 Å². The van der Waals surface area contributed by atoms with Gasteiger partial charge in [0.2, 0.25) is 5.75 Å². The molecule has 7 heteroatoms. The molecule has 1 N–H and O–H groups in total. The maximum absolute atomic E-state index is 12.2. The minimum absolute atomic E-state index is 0.373. The van der Waals surface area contributed by atoms with E-state index in [1.165, 1.54) is 0 Å². The summed E-state index contributed by atoms with van der Waals surface area (Å²) in [6.45, 7) is 4.20. The maximum Gasteiger partial charge on any atom is 0.355 e. The fourth-order valence-electron chi connectivity index (χ4n) is 2.62. The lowest BCUT2D eigenvalue weighted by Crippen LogP contribution is -2.07. The number of carbonyl (C=O) groups excluding carboxylic acids is 1. The third-order valence-electron chi connectivity index (χ3n) is 3.74. The highest BCUT2D eigenvalue weighted by molar-refractivity contribution is 9.10. The van der Waals surface area contributed by atoms with Crippen molar-refractivity contribution in [2.75, 3.05) is 27.9 Å². The van der Waals surface area contributed by atoms with Crippen molar-refractivity contribution in [3.8, 4) is 28.4 Å². The van der Waals surface area contributed by atoms with Crippen LogP contribution in [0.1, 0.15) is 29.5 Å². The topological polar surface area (TPSA) is 69.8 Å². The van der Waals surface area contributed by atoms with Crippen molar-refractivity contribution in [3.05, 3.63) is 28.0 Å². The average Bonchev–Trinajstić information content (AvgIpc) is 2.92. The number of aromatic nitrogens is 1. The predicted molar refractivity (Wildman–Crippen MR) is 98.9 cm³/mol. The van der Waals surface area contributed by atoms with Crippen LogP contribution in [0.5, 0.6) is 17.2 Å². The molecule has 0 amide bonds. The lowest BCUT2D eigenvalue weighted by molar-refractivity contribution is 0.0498. The Morgan fingerprint density at radius 3 is 2.36 bits per heavy atom. The van der Waals surface area contributed by atoms with Gasteiger partial charge in [0.25, 0.3) is 0 Å². The summed E-state index contributed by atoms with van der Waals surface area (Å²) in [7, 11) is 4.68. The fraction of sp³-hybridized carbons (Fsp3) is 0.389. The number of carbonyl (C=O) groups is 1. The summed E-state index contributed by atoms with van der Waals surface area (Å²) in [4.78, 5) is 15.3.